The highest BCUT2D eigenvalue weighted by Gasteiger charge is 2.07. The van der Waals surface area contributed by atoms with E-state index in [-0.39, 0.29) is 5.56 Å². The fourth-order valence-electron chi connectivity index (χ4n) is 2.59. The van der Waals surface area contributed by atoms with E-state index in [1.807, 2.05) is 43.3 Å². The number of fused-ring (bicyclic) bond motifs is 1. The third-order valence-corrected chi connectivity index (χ3v) is 3.89. The normalized spacial score (nSPS) is 11.2. The molecule has 0 N–H and O–H groups in total. The Bertz CT molecular complexity index is 1010. The lowest BCUT2D eigenvalue weighted by atomic mass is 10.2. The summed E-state index contributed by atoms with van der Waals surface area (Å²) < 4.78 is 12.3. The molecular weight excluding hydrogens is 330 g/mol. The van der Waals surface area contributed by atoms with Crippen LogP contribution in [0.3, 0.4) is 0 Å². The molecule has 0 radical (unpaired) electrons. The maximum absolute atomic E-state index is 12.6. The quantitative estimate of drug-likeness (QED) is 0.639. The predicted octanol–water partition coefficient (Wildman–Crippen LogP) is 3.38. The van der Waals surface area contributed by atoms with Crippen molar-refractivity contribution in [2.45, 2.75) is 20.3 Å². The molecule has 0 saturated carbocycles. The van der Waals surface area contributed by atoms with E-state index in [1.165, 1.54) is 4.68 Å². The first-order chi connectivity index (χ1) is 12.6. The summed E-state index contributed by atoms with van der Waals surface area (Å²) in [6.45, 7) is 4.40. The second kappa shape index (κ2) is 7.82. The van der Waals surface area contributed by atoms with E-state index in [4.69, 9.17) is 9.47 Å². The molecule has 26 heavy (non-hydrogen) atoms. The maximum atomic E-state index is 12.6. The topological polar surface area (TPSA) is 65.7 Å². The summed E-state index contributed by atoms with van der Waals surface area (Å²) in [5.41, 5.74) is 1.28. The van der Waals surface area contributed by atoms with Crippen LogP contribution in [0.2, 0.25) is 0 Å². The van der Waals surface area contributed by atoms with E-state index >= 15 is 0 Å². The largest absolute Gasteiger partial charge is 0.493 e. The molecule has 1 aromatic heterocycles. The van der Waals surface area contributed by atoms with Crippen LogP contribution in [0.15, 0.2) is 52.4 Å². The van der Waals surface area contributed by atoms with Gasteiger partial charge in [-0.15, -0.1) is 0 Å². The lowest BCUT2D eigenvalue weighted by molar-refractivity contribution is 0.294. The van der Waals surface area contributed by atoms with Gasteiger partial charge >= 0.3 is 0 Å². The summed E-state index contributed by atoms with van der Waals surface area (Å²) in [4.78, 5) is 17.1. The molecule has 0 spiro atoms. The molecule has 0 fully saturated rings. The Labute approximate surface area is 151 Å². The van der Waals surface area contributed by atoms with Crippen molar-refractivity contribution in [3.63, 3.8) is 0 Å². The smallest absolute Gasteiger partial charge is 0.282 e. The zero-order chi connectivity index (χ0) is 18.5. The molecule has 1 heterocycles. The van der Waals surface area contributed by atoms with Gasteiger partial charge in [0, 0.05) is 0 Å². The van der Waals surface area contributed by atoms with Crippen molar-refractivity contribution < 1.29 is 9.47 Å². The van der Waals surface area contributed by atoms with E-state index in [2.05, 4.69) is 10.1 Å². The fraction of sp³-hybridized carbons (Fsp3) is 0.250. The minimum atomic E-state index is -0.194. The van der Waals surface area contributed by atoms with Crippen molar-refractivity contribution in [3.05, 3.63) is 64.2 Å². The Hall–Kier alpha value is -3.15. The van der Waals surface area contributed by atoms with Gasteiger partial charge in [-0.25, -0.2) is 4.98 Å². The molecule has 134 valence electrons. The molecule has 0 unspecified atom stereocenters. The van der Waals surface area contributed by atoms with E-state index in [0.717, 1.165) is 12.0 Å². The summed E-state index contributed by atoms with van der Waals surface area (Å²) in [7, 11) is 1.60. The third-order valence-electron chi connectivity index (χ3n) is 3.89. The maximum Gasteiger partial charge on any atom is 0.282 e. The number of hydrogen-bond acceptors (Lipinski definition) is 5. The van der Waals surface area contributed by atoms with Crippen molar-refractivity contribution in [1.29, 1.82) is 0 Å². The minimum absolute atomic E-state index is 0.194. The third kappa shape index (κ3) is 3.59. The molecule has 3 aromatic rings. The van der Waals surface area contributed by atoms with Crippen molar-refractivity contribution in [2.75, 3.05) is 13.7 Å². The Morgan fingerprint density at radius 3 is 2.77 bits per heavy atom. The highest BCUT2D eigenvalue weighted by atomic mass is 16.5. The van der Waals surface area contributed by atoms with Crippen LogP contribution >= 0.6 is 0 Å². The van der Waals surface area contributed by atoms with Crippen molar-refractivity contribution >= 4 is 17.1 Å². The first kappa shape index (κ1) is 17.7. The molecule has 0 atom stereocenters. The molecule has 6 heteroatoms. The highest BCUT2D eigenvalue weighted by Crippen LogP contribution is 2.27. The first-order valence-corrected chi connectivity index (χ1v) is 8.47. The molecule has 0 amide bonds. The van der Waals surface area contributed by atoms with Crippen molar-refractivity contribution in [1.82, 2.24) is 9.66 Å². The highest BCUT2D eigenvalue weighted by molar-refractivity contribution is 5.81. The molecule has 0 aliphatic heterocycles. The van der Waals surface area contributed by atoms with Crippen LogP contribution in [0.5, 0.6) is 11.5 Å². The Morgan fingerprint density at radius 1 is 1.19 bits per heavy atom. The van der Waals surface area contributed by atoms with Crippen molar-refractivity contribution in [3.8, 4) is 11.5 Å². The molecule has 0 aliphatic rings. The molecular formula is C20H21N3O3. The molecule has 3 rings (SSSR count). The number of aryl methyl sites for hydroxylation is 1. The number of para-hydroxylation sites is 1. The van der Waals surface area contributed by atoms with E-state index in [9.17, 15) is 4.79 Å². The van der Waals surface area contributed by atoms with Gasteiger partial charge in [0.05, 0.1) is 30.8 Å². The van der Waals surface area contributed by atoms with Crippen LogP contribution in [0, 0.1) is 6.92 Å². The summed E-state index contributed by atoms with van der Waals surface area (Å²) in [6.07, 6.45) is 2.52. The van der Waals surface area contributed by atoms with Crippen LogP contribution < -0.4 is 15.0 Å². The molecule has 6 nitrogen and oxygen atoms in total. The molecule has 0 aliphatic carbocycles. The SMILES string of the molecule is CCCOc1cc(/C=N\n2c(C)nc3ccccc3c2=O)ccc1OC. The summed E-state index contributed by atoms with van der Waals surface area (Å²) in [6, 6.07) is 12.8. The number of ether oxygens (including phenoxy) is 2. The van der Waals surface area contributed by atoms with Gasteiger partial charge in [0.2, 0.25) is 0 Å². The Balaban J connectivity index is 1.97. The summed E-state index contributed by atoms with van der Waals surface area (Å²) in [5, 5.41) is 4.86. The number of aromatic nitrogens is 2. The van der Waals surface area contributed by atoms with Crippen LogP contribution in [-0.4, -0.2) is 29.6 Å². The van der Waals surface area contributed by atoms with E-state index < -0.39 is 0 Å². The lowest BCUT2D eigenvalue weighted by Gasteiger charge is -2.10. The van der Waals surface area contributed by atoms with Gasteiger partial charge in [0.1, 0.15) is 5.82 Å². The second-order valence-electron chi connectivity index (χ2n) is 5.80. The van der Waals surface area contributed by atoms with Gasteiger partial charge in [0.25, 0.3) is 5.56 Å². The zero-order valence-corrected chi connectivity index (χ0v) is 15.1. The molecule has 0 bridgehead atoms. The fourth-order valence-corrected chi connectivity index (χ4v) is 2.59. The average Bonchev–Trinajstić information content (AvgIpc) is 2.66. The molecule has 2 aromatic carbocycles. The molecule has 0 saturated heterocycles. The van der Waals surface area contributed by atoms with E-state index in [1.54, 1.807) is 26.3 Å². The monoisotopic (exact) mass is 351 g/mol. The number of hydrogen-bond donors (Lipinski definition) is 0. The number of rotatable bonds is 6. The van der Waals surface area contributed by atoms with Gasteiger partial charge in [-0.1, -0.05) is 19.1 Å². The lowest BCUT2D eigenvalue weighted by Crippen LogP contribution is -2.20. The zero-order valence-electron chi connectivity index (χ0n) is 15.1. The van der Waals surface area contributed by atoms with Crippen LogP contribution in [0.25, 0.3) is 10.9 Å². The van der Waals surface area contributed by atoms with Gasteiger partial charge in [-0.2, -0.15) is 9.78 Å². The second-order valence-corrected chi connectivity index (χ2v) is 5.80. The van der Waals surface area contributed by atoms with E-state index in [0.29, 0.717) is 34.8 Å². The first-order valence-electron chi connectivity index (χ1n) is 8.47. The standard InChI is InChI=1S/C20H21N3O3/c1-4-11-26-19-12-15(9-10-18(19)25-3)13-21-23-14(2)22-17-8-6-5-7-16(17)20(23)24/h5-10,12-13H,4,11H2,1-3H3/b21-13-. The van der Waals surface area contributed by atoms with Gasteiger partial charge < -0.3 is 9.47 Å². The number of methoxy groups -OCH3 is 1. The van der Waals surface area contributed by atoms with Crippen LogP contribution in [0.4, 0.5) is 0 Å². The average molecular weight is 351 g/mol. The summed E-state index contributed by atoms with van der Waals surface area (Å²) >= 11 is 0. The Kier molecular flexibility index (Phi) is 5.31. The summed E-state index contributed by atoms with van der Waals surface area (Å²) in [5.74, 6) is 1.84. The number of nitrogens with zero attached hydrogens (tertiary/aromatic N) is 3. The number of benzene rings is 2. The minimum Gasteiger partial charge on any atom is -0.493 e. The van der Waals surface area contributed by atoms with Gasteiger partial charge in [0.15, 0.2) is 11.5 Å². The predicted molar refractivity (Wildman–Crippen MR) is 103 cm³/mol. The van der Waals surface area contributed by atoms with Gasteiger partial charge in [-0.3, -0.25) is 4.79 Å². The Morgan fingerprint density at radius 2 is 2.00 bits per heavy atom. The van der Waals surface area contributed by atoms with Gasteiger partial charge in [-0.05, 0) is 49.2 Å². The van der Waals surface area contributed by atoms with Crippen LogP contribution in [0.1, 0.15) is 24.7 Å². The van der Waals surface area contributed by atoms with Crippen molar-refractivity contribution in [2.24, 2.45) is 5.10 Å². The van der Waals surface area contributed by atoms with Crippen LogP contribution in [-0.2, 0) is 0 Å².